The lowest BCUT2D eigenvalue weighted by atomic mass is 10.0. The molecular formula is C22H21FN2O3. The van der Waals surface area contributed by atoms with Gasteiger partial charge in [0.15, 0.2) is 0 Å². The van der Waals surface area contributed by atoms with Crippen LogP contribution in [-0.2, 0) is 22.4 Å². The van der Waals surface area contributed by atoms with Crippen LogP contribution in [0.25, 0.3) is 0 Å². The minimum absolute atomic E-state index is 0.0710. The third-order valence-corrected chi connectivity index (χ3v) is 4.67. The molecule has 0 N–H and O–H groups in total. The first-order valence-corrected chi connectivity index (χ1v) is 9.21. The van der Waals surface area contributed by atoms with Crippen molar-refractivity contribution < 1.29 is 18.7 Å². The van der Waals surface area contributed by atoms with Gasteiger partial charge in [0.25, 0.3) is 0 Å². The maximum absolute atomic E-state index is 12.9. The van der Waals surface area contributed by atoms with Crippen molar-refractivity contribution in [3.05, 3.63) is 64.5 Å². The van der Waals surface area contributed by atoms with Gasteiger partial charge in [0.05, 0.1) is 23.4 Å². The first-order valence-electron chi connectivity index (χ1n) is 9.21. The lowest BCUT2D eigenvalue weighted by Gasteiger charge is -2.20. The number of ether oxygens (including phenoxy) is 1. The first kappa shape index (κ1) is 19.6. The molecule has 0 spiro atoms. The smallest absolute Gasteiger partial charge is 0.338 e. The third kappa shape index (κ3) is 4.55. The number of nitriles is 1. The number of esters is 1. The standard InChI is InChI=1S/C22H21FN2O3/c1-15(26)11-16-12-18-7-9-25(21(18)19(13-16)14-24)8-2-10-28-22(27)17-3-5-20(23)6-4-17/h3-6,12-13H,2,7-11H2,1H3. The topological polar surface area (TPSA) is 70.4 Å². The monoisotopic (exact) mass is 380 g/mol. The Morgan fingerprint density at radius 2 is 2.00 bits per heavy atom. The minimum Gasteiger partial charge on any atom is -0.462 e. The number of ketones is 1. The average molecular weight is 380 g/mol. The number of nitrogens with zero attached hydrogens (tertiary/aromatic N) is 2. The van der Waals surface area contributed by atoms with Crippen LogP contribution in [0.1, 0.15) is 40.4 Å². The predicted octanol–water partition coefficient (Wildman–Crippen LogP) is 3.44. The van der Waals surface area contributed by atoms with Gasteiger partial charge >= 0.3 is 5.97 Å². The van der Waals surface area contributed by atoms with Gasteiger partial charge in [0.2, 0.25) is 0 Å². The average Bonchev–Trinajstić information content (AvgIpc) is 3.07. The van der Waals surface area contributed by atoms with Gasteiger partial charge < -0.3 is 9.64 Å². The zero-order valence-electron chi connectivity index (χ0n) is 15.7. The van der Waals surface area contributed by atoms with E-state index in [9.17, 15) is 19.2 Å². The van der Waals surface area contributed by atoms with Crippen LogP contribution in [0.2, 0.25) is 0 Å². The SMILES string of the molecule is CC(=O)Cc1cc(C#N)c2c(c1)CCN2CCCOC(=O)c1ccc(F)cc1. The highest BCUT2D eigenvalue weighted by atomic mass is 19.1. The molecule has 3 rings (SSSR count). The molecule has 1 aliphatic rings. The Morgan fingerprint density at radius 1 is 1.25 bits per heavy atom. The molecule has 0 saturated carbocycles. The van der Waals surface area contributed by atoms with Gasteiger partial charge in [-0.1, -0.05) is 6.07 Å². The first-order chi connectivity index (χ1) is 13.5. The minimum atomic E-state index is -0.478. The largest absolute Gasteiger partial charge is 0.462 e. The van der Waals surface area contributed by atoms with E-state index in [1.165, 1.54) is 24.3 Å². The number of carbonyl (C=O) groups excluding carboxylic acids is 2. The second kappa shape index (κ2) is 8.66. The summed E-state index contributed by atoms with van der Waals surface area (Å²) >= 11 is 0. The van der Waals surface area contributed by atoms with Gasteiger partial charge in [0.1, 0.15) is 17.7 Å². The molecule has 0 radical (unpaired) electrons. The van der Waals surface area contributed by atoms with Crippen molar-refractivity contribution in [2.24, 2.45) is 0 Å². The molecule has 1 heterocycles. The van der Waals surface area contributed by atoms with Crippen molar-refractivity contribution in [3.63, 3.8) is 0 Å². The molecule has 0 atom stereocenters. The molecule has 0 aromatic heterocycles. The molecule has 0 bridgehead atoms. The van der Waals surface area contributed by atoms with E-state index in [2.05, 4.69) is 11.0 Å². The number of carbonyl (C=O) groups is 2. The number of hydrogen-bond donors (Lipinski definition) is 0. The Bertz CT molecular complexity index is 932. The highest BCUT2D eigenvalue weighted by Crippen LogP contribution is 2.33. The summed E-state index contributed by atoms with van der Waals surface area (Å²) in [5.41, 5.74) is 3.77. The van der Waals surface area contributed by atoms with E-state index in [4.69, 9.17) is 4.74 Å². The van der Waals surface area contributed by atoms with Crippen molar-refractivity contribution in [3.8, 4) is 6.07 Å². The molecule has 0 fully saturated rings. The summed E-state index contributed by atoms with van der Waals surface area (Å²) in [6.07, 6.45) is 1.78. The molecule has 28 heavy (non-hydrogen) atoms. The van der Waals surface area contributed by atoms with Crippen molar-refractivity contribution in [1.82, 2.24) is 0 Å². The van der Waals surface area contributed by atoms with Crippen LogP contribution in [0.15, 0.2) is 36.4 Å². The lowest BCUT2D eigenvalue weighted by Crippen LogP contribution is -2.24. The Morgan fingerprint density at radius 3 is 2.68 bits per heavy atom. The summed E-state index contributed by atoms with van der Waals surface area (Å²) in [5, 5.41) is 9.51. The molecule has 6 heteroatoms. The Labute approximate surface area is 163 Å². The predicted molar refractivity (Wildman–Crippen MR) is 103 cm³/mol. The van der Waals surface area contributed by atoms with Gasteiger partial charge in [-0.15, -0.1) is 0 Å². The van der Waals surface area contributed by atoms with Gasteiger partial charge in [-0.05, 0) is 61.2 Å². The maximum Gasteiger partial charge on any atom is 0.338 e. The molecule has 2 aromatic carbocycles. The molecule has 1 aliphatic heterocycles. The molecule has 5 nitrogen and oxygen atoms in total. The summed E-state index contributed by atoms with van der Waals surface area (Å²) in [6, 6.07) is 11.3. The van der Waals surface area contributed by atoms with Crippen molar-refractivity contribution >= 4 is 17.4 Å². The molecule has 2 aromatic rings. The van der Waals surface area contributed by atoms with Crippen molar-refractivity contribution in [2.75, 3.05) is 24.6 Å². The van der Waals surface area contributed by atoms with E-state index >= 15 is 0 Å². The number of rotatable bonds is 7. The fourth-order valence-corrected chi connectivity index (χ4v) is 3.48. The van der Waals surface area contributed by atoms with E-state index in [1.807, 2.05) is 6.07 Å². The fourth-order valence-electron chi connectivity index (χ4n) is 3.48. The van der Waals surface area contributed by atoms with E-state index < -0.39 is 11.8 Å². The third-order valence-electron chi connectivity index (χ3n) is 4.67. The fraction of sp³-hybridized carbons (Fsp3) is 0.318. The van der Waals surface area contributed by atoms with E-state index in [-0.39, 0.29) is 12.4 Å². The Kier molecular flexibility index (Phi) is 6.05. The molecule has 0 amide bonds. The summed E-state index contributed by atoms with van der Waals surface area (Å²) in [6.45, 7) is 3.23. The van der Waals surface area contributed by atoms with E-state index in [0.29, 0.717) is 30.5 Å². The van der Waals surface area contributed by atoms with Crippen molar-refractivity contribution in [1.29, 1.82) is 5.26 Å². The van der Waals surface area contributed by atoms with Crippen LogP contribution in [0.4, 0.5) is 10.1 Å². The van der Waals surface area contributed by atoms with E-state index in [1.54, 1.807) is 13.0 Å². The number of Topliss-reactive ketones (excluding diaryl/α,β-unsaturated/α-hetero) is 1. The summed E-state index contributed by atoms with van der Waals surface area (Å²) in [4.78, 5) is 25.4. The number of fused-ring (bicyclic) bond motifs is 1. The highest BCUT2D eigenvalue weighted by Gasteiger charge is 2.23. The zero-order valence-corrected chi connectivity index (χ0v) is 15.7. The van der Waals surface area contributed by atoms with Crippen LogP contribution >= 0.6 is 0 Å². The summed E-state index contributed by atoms with van der Waals surface area (Å²) in [5.74, 6) is -0.806. The number of anilines is 1. The van der Waals surface area contributed by atoms with Gasteiger partial charge in [-0.2, -0.15) is 5.26 Å². The molecule has 0 saturated heterocycles. The van der Waals surface area contributed by atoms with Crippen LogP contribution in [0, 0.1) is 17.1 Å². The summed E-state index contributed by atoms with van der Waals surface area (Å²) < 4.78 is 18.1. The van der Waals surface area contributed by atoms with Gasteiger partial charge in [-0.3, -0.25) is 4.79 Å². The highest BCUT2D eigenvalue weighted by molar-refractivity contribution is 5.89. The second-order valence-corrected chi connectivity index (χ2v) is 6.88. The molecular weight excluding hydrogens is 359 g/mol. The molecule has 0 aliphatic carbocycles. The quantitative estimate of drug-likeness (QED) is 0.544. The van der Waals surface area contributed by atoms with Crippen LogP contribution in [-0.4, -0.2) is 31.4 Å². The van der Waals surface area contributed by atoms with Crippen LogP contribution < -0.4 is 4.90 Å². The molecule has 144 valence electrons. The van der Waals surface area contributed by atoms with Crippen LogP contribution in [0.5, 0.6) is 0 Å². The number of hydrogen-bond acceptors (Lipinski definition) is 5. The van der Waals surface area contributed by atoms with E-state index in [0.717, 1.165) is 29.8 Å². The summed E-state index contributed by atoms with van der Waals surface area (Å²) in [7, 11) is 0. The Hall–Kier alpha value is -3.20. The van der Waals surface area contributed by atoms with Gasteiger partial charge in [0, 0.05) is 19.5 Å². The zero-order chi connectivity index (χ0) is 20.1. The van der Waals surface area contributed by atoms with Crippen molar-refractivity contribution in [2.45, 2.75) is 26.2 Å². The second-order valence-electron chi connectivity index (χ2n) is 6.88. The van der Waals surface area contributed by atoms with Crippen LogP contribution in [0.3, 0.4) is 0 Å². The lowest BCUT2D eigenvalue weighted by molar-refractivity contribution is -0.116. The molecule has 0 unspecified atom stereocenters. The maximum atomic E-state index is 12.9. The number of halogens is 1. The normalized spacial score (nSPS) is 12.4. The van der Waals surface area contributed by atoms with Gasteiger partial charge in [-0.25, -0.2) is 9.18 Å². The Balaban J connectivity index is 1.57. The number of benzene rings is 2.